The minimum absolute atomic E-state index is 1.05. The molecule has 57 heavy (non-hydrogen) atoms. The van der Waals surface area contributed by atoms with Crippen molar-refractivity contribution in [1.82, 2.24) is 4.98 Å². The summed E-state index contributed by atoms with van der Waals surface area (Å²) < 4.78 is 3.78. The van der Waals surface area contributed by atoms with Crippen LogP contribution < -0.4 is 4.90 Å². The van der Waals surface area contributed by atoms with Crippen LogP contribution in [0.25, 0.3) is 85.1 Å². The van der Waals surface area contributed by atoms with Gasteiger partial charge >= 0.3 is 0 Å². The second-order valence-corrected chi connectivity index (χ2v) is 16.4. The Labute approximate surface area is 339 Å². The monoisotopic (exact) mass is 762 g/mol. The number of thiazole rings is 1. The molecule has 0 fully saturated rings. The summed E-state index contributed by atoms with van der Waals surface area (Å²) >= 11 is 3.64. The van der Waals surface area contributed by atoms with E-state index in [0.29, 0.717) is 0 Å². The lowest BCUT2D eigenvalue weighted by Gasteiger charge is -2.27. The Balaban J connectivity index is 1.10. The maximum atomic E-state index is 5.07. The molecule has 0 unspecified atom stereocenters. The van der Waals surface area contributed by atoms with Gasteiger partial charge in [0, 0.05) is 42.8 Å². The second kappa shape index (κ2) is 14.0. The van der Waals surface area contributed by atoms with E-state index >= 15 is 0 Å². The average molecular weight is 763 g/mol. The van der Waals surface area contributed by atoms with E-state index < -0.39 is 0 Å². The Morgan fingerprint density at radius 2 is 1.00 bits per heavy atom. The largest absolute Gasteiger partial charge is 0.310 e. The van der Waals surface area contributed by atoms with Crippen LogP contribution in [-0.2, 0) is 0 Å². The van der Waals surface area contributed by atoms with Crippen molar-refractivity contribution in [2.75, 3.05) is 4.90 Å². The highest BCUT2D eigenvalue weighted by atomic mass is 32.1. The molecule has 0 saturated carbocycles. The van der Waals surface area contributed by atoms with Crippen LogP contribution in [0.15, 0.2) is 206 Å². The SMILES string of the molecule is c1ccc(-c2ccc(N(c3ccc(-c4cccc5ccccc45)c(-c4ccccc4)c3)c3ccc4c(c3)sc3ccc5nc(-c6ccccc6)sc5c34)cc2)cc1. The fourth-order valence-corrected chi connectivity index (χ4v) is 10.5. The van der Waals surface area contributed by atoms with Crippen molar-refractivity contribution in [3.63, 3.8) is 0 Å². The Morgan fingerprint density at radius 3 is 1.79 bits per heavy atom. The molecular weight excluding hydrogens is 729 g/mol. The van der Waals surface area contributed by atoms with Crippen molar-refractivity contribution in [1.29, 1.82) is 0 Å². The first kappa shape index (κ1) is 33.5. The first-order chi connectivity index (χ1) is 28.2. The minimum Gasteiger partial charge on any atom is -0.310 e. The van der Waals surface area contributed by atoms with Crippen LogP contribution >= 0.6 is 22.7 Å². The highest BCUT2D eigenvalue weighted by Gasteiger charge is 2.20. The van der Waals surface area contributed by atoms with Crippen molar-refractivity contribution in [3.05, 3.63) is 206 Å². The number of rotatable bonds is 7. The van der Waals surface area contributed by atoms with Crippen molar-refractivity contribution in [2.24, 2.45) is 0 Å². The molecule has 2 nitrogen and oxygen atoms in total. The first-order valence-electron chi connectivity index (χ1n) is 19.2. The van der Waals surface area contributed by atoms with Gasteiger partial charge in [0.1, 0.15) is 5.01 Å². The second-order valence-electron chi connectivity index (χ2n) is 14.3. The molecule has 0 N–H and O–H groups in total. The van der Waals surface area contributed by atoms with Gasteiger partial charge in [0.25, 0.3) is 0 Å². The maximum Gasteiger partial charge on any atom is 0.124 e. The topological polar surface area (TPSA) is 16.1 Å². The maximum absolute atomic E-state index is 5.07. The number of nitrogens with zero attached hydrogens (tertiary/aromatic N) is 2. The molecule has 9 aromatic carbocycles. The fraction of sp³-hybridized carbons (Fsp3) is 0. The third kappa shape index (κ3) is 5.98. The molecule has 0 aliphatic rings. The van der Waals surface area contributed by atoms with Gasteiger partial charge < -0.3 is 4.90 Å². The summed E-state index contributed by atoms with van der Waals surface area (Å²) in [5.74, 6) is 0. The zero-order valence-corrected chi connectivity index (χ0v) is 32.5. The van der Waals surface area contributed by atoms with Gasteiger partial charge in [-0.05, 0) is 92.7 Å². The Morgan fingerprint density at radius 1 is 0.368 bits per heavy atom. The van der Waals surface area contributed by atoms with Crippen LogP contribution in [0.2, 0.25) is 0 Å². The zero-order valence-electron chi connectivity index (χ0n) is 30.8. The lowest BCUT2D eigenvalue weighted by molar-refractivity contribution is 1.29. The predicted octanol–water partition coefficient (Wildman–Crippen LogP) is 16.0. The van der Waals surface area contributed by atoms with Crippen molar-refractivity contribution in [3.8, 4) is 44.0 Å². The average Bonchev–Trinajstić information content (AvgIpc) is 3.89. The molecule has 0 amide bonds. The lowest BCUT2D eigenvalue weighted by atomic mass is 9.90. The van der Waals surface area contributed by atoms with E-state index in [1.54, 1.807) is 11.3 Å². The summed E-state index contributed by atoms with van der Waals surface area (Å²) in [7, 11) is 0. The van der Waals surface area contributed by atoms with Crippen LogP contribution in [0.4, 0.5) is 17.1 Å². The molecule has 268 valence electrons. The number of hydrogen-bond acceptors (Lipinski definition) is 4. The molecule has 11 rings (SSSR count). The van der Waals surface area contributed by atoms with E-state index in [9.17, 15) is 0 Å². The van der Waals surface area contributed by atoms with E-state index in [0.717, 1.165) is 33.1 Å². The van der Waals surface area contributed by atoms with E-state index in [1.807, 2.05) is 11.3 Å². The van der Waals surface area contributed by atoms with Crippen LogP contribution in [0, 0.1) is 0 Å². The highest BCUT2D eigenvalue weighted by Crippen LogP contribution is 2.46. The quantitative estimate of drug-likeness (QED) is 0.161. The number of aromatic nitrogens is 1. The molecule has 11 aromatic rings. The molecule has 0 saturated heterocycles. The minimum atomic E-state index is 1.05. The van der Waals surface area contributed by atoms with Crippen LogP contribution in [0.5, 0.6) is 0 Å². The van der Waals surface area contributed by atoms with Gasteiger partial charge in [-0.25, -0.2) is 4.98 Å². The third-order valence-electron chi connectivity index (χ3n) is 10.9. The fourth-order valence-electron chi connectivity index (χ4n) is 8.18. The molecule has 2 aromatic heterocycles. The smallest absolute Gasteiger partial charge is 0.124 e. The summed E-state index contributed by atoms with van der Waals surface area (Å²) in [6, 6.07) is 74.6. The van der Waals surface area contributed by atoms with Crippen LogP contribution in [0.1, 0.15) is 0 Å². The predicted molar refractivity (Wildman–Crippen MR) is 246 cm³/mol. The number of benzene rings is 9. The molecular formula is C53H34N2S2. The summed E-state index contributed by atoms with van der Waals surface area (Å²) in [6.45, 7) is 0. The van der Waals surface area contributed by atoms with Gasteiger partial charge in [-0.15, -0.1) is 22.7 Å². The molecule has 4 heteroatoms. The van der Waals surface area contributed by atoms with E-state index in [4.69, 9.17) is 4.98 Å². The lowest BCUT2D eigenvalue weighted by Crippen LogP contribution is -2.10. The van der Waals surface area contributed by atoms with E-state index in [-0.39, 0.29) is 0 Å². The van der Waals surface area contributed by atoms with Gasteiger partial charge in [0.15, 0.2) is 0 Å². The Hall–Kier alpha value is -6.85. The van der Waals surface area contributed by atoms with Crippen molar-refractivity contribution >= 4 is 80.9 Å². The number of fused-ring (bicyclic) bond motifs is 6. The molecule has 0 bridgehead atoms. The van der Waals surface area contributed by atoms with Crippen LogP contribution in [0.3, 0.4) is 0 Å². The summed E-state index contributed by atoms with van der Waals surface area (Å²) in [4.78, 5) is 7.48. The molecule has 0 aliphatic heterocycles. The summed E-state index contributed by atoms with van der Waals surface area (Å²) in [5.41, 5.74) is 12.7. The van der Waals surface area contributed by atoms with Gasteiger partial charge in [-0.2, -0.15) is 0 Å². The molecule has 0 aliphatic carbocycles. The van der Waals surface area contributed by atoms with E-state index in [2.05, 4.69) is 211 Å². The van der Waals surface area contributed by atoms with Crippen LogP contribution in [-0.4, -0.2) is 4.98 Å². The van der Waals surface area contributed by atoms with Crippen molar-refractivity contribution < 1.29 is 0 Å². The molecule has 0 radical (unpaired) electrons. The van der Waals surface area contributed by atoms with E-state index in [1.165, 1.54) is 69.0 Å². The molecule has 0 spiro atoms. The van der Waals surface area contributed by atoms with Gasteiger partial charge in [-0.1, -0.05) is 158 Å². The standard InChI is InChI=1S/C53H34N2S2/c1-4-13-35(14-5-1)36-23-25-40(26-24-36)55(41-27-29-45(47(33-41)38-15-6-2-7-16-38)44-22-12-20-37-17-10-11-21-43(37)44)42-28-30-46-50(34-42)56-49-32-31-48-52(51(46)49)57-53(54-48)39-18-8-3-9-19-39/h1-34H. The number of thiophene rings is 1. The first-order valence-corrected chi connectivity index (χ1v) is 20.8. The van der Waals surface area contributed by atoms with Gasteiger partial charge in [-0.3, -0.25) is 0 Å². The summed E-state index contributed by atoms with van der Waals surface area (Å²) in [5, 5.41) is 6.10. The molecule has 0 atom stereocenters. The van der Waals surface area contributed by atoms with Crippen molar-refractivity contribution in [2.45, 2.75) is 0 Å². The zero-order chi connectivity index (χ0) is 37.7. The normalized spacial score (nSPS) is 11.5. The Bertz CT molecular complexity index is 3220. The third-order valence-corrected chi connectivity index (χ3v) is 13.2. The summed E-state index contributed by atoms with van der Waals surface area (Å²) in [6.07, 6.45) is 0. The van der Waals surface area contributed by atoms with Gasteiger partial charge in [0.05, 0.1) is 10.2 Å². The number of anilines is 3. The highest BCUT2D eigenvalue weighted by molar-refractivity contribution is 7.28. The van der Waals surface area contributed by atoms with Gasteiger partial charge in [0.2, 0.25) is 0 Å². The number of hydrogen-bond donors (Lipinski definition) is 0. The Kier molecular flexibility index (Phi) is 8.24. The molecule has 2 heterocycles.